The van der Waals surface area contributed by atoms with Gasteiger partial charge in [-0.1, -0.05) is 35.9 Å². The summed E-state index contributed by atoms with van der Waals surface area (Å²) in [4.78, 5) is 39.1. The Kier molecular flexibility index (Phi) is 7.25. The normalized spacial score (nSPS) is 12.8. The van der Waals surface area contributed by atoms with E-state index in [4.69, 9.17) is 16.3 Å². The number of amides is 3. The topological polar surface area (TPSA) is 75.7 Å². The average Bonchev–Trinajstić information content (AvgIpc) is 2.83. The summed E-state index contributed by atoms with van der Waals surface area (Å²) in [6.07, 6.45) is 2.28. The van der Waals surface area contributed by atoms with Crippen LogP contribution in [0.25, 0.3) is 10.8 Å². The number of carbonyl (C=O) groups is 3. The third-order valence-corrected chi connectivity index (χ3v) is 5.87. The number of halogens is 1. The van der Waals surface area contributed by atoms with Crippen molar-refractivity contribution in [3.63, 3.8) is 0 Å². The molecule has 3 aromatic rings. The van der Waals surface area contributed by atoms with Gasteiger partial charge in [0, 0.05) is 41.0 Å². The molecule has 0 fully saturated rings. The zero-order valence-electron chi connectivity index (χ0n) is 18.2. The first-order chi connectivity index (χ1) is 16.0. The molecule has 0 aliphatic carbocycles. The van der Waals surface area contributed by atoms with E-state index in [1.165, 1.54) is 4.90 Å². The maximum atomic E-state index is 12.9. The smallest absolute Gasteiger partial charge is 0.261 e. The van der Waals surface area contributed by atoms with Crippen molar-refractivity contribution in [2.75, 3.05) is 19.7 Å². The summed E-state index contributed by atoms with van der Waals surface area (Å²) >= 11 is 5.84. The predicted octanol–water partition coefficient (Wildman–Crippen LogP) is 4.84. The molecule has 0 saturated heterocycles. The first kappa shape index (κ1) is 22.8. The highest BCUT2D eigenvalue weighted by Crippen LogP contribution is 2.30. The number of carbonyl (C=O) groups excluding carboxylic acids is 3. The van der Waals surface area contributed by atoms with E-state index >= 15 is 0 Å². The van der Waals surface area contributed by atoms with Gasteiger partial charge in [-0.15, -0.1) is 0 Å². The lowest BCUT2D eigenvalue weighted by molar-refractivity contribution is -0.121. The SMILES string of the molecule is O=C(CCCN1C(=O)c2cccc3cccc(c23)C1=O)NCCCCOc1ccc(Cl)cc1. The van der Waals surface area contributed by atoms with Gasteiger partial charge in [0.15, 0.2) is 0 Å². The molecule has 6 nitrogen and oxygen atoms in total. The number of hydrogen-bond donors (Lipinski definition) is 1. The highest BCUT2D eigenvalue weighted by Gasteiger charge is 2.32. The van der Waals surface area contributed by atoms with Crippen LogP contribution in [0.2, 0.25) is 5.02 Å². The lowest BCUT2D eigenvalue weighted by atomic mass is 9.94. The second-order valence-electron chi connectivity index (χ2n) is 7.93. The van der Waals surface area contributed by atoms with E-state index in [9.17, 15) is 14.4 Å². The van der Waals surface area contributed by atoms with Gasteiger partial charge in [-0.25, -0.2) is 0 Å². The van der Waals surface area contributed by atoms with Gasteiger partial charge < -0.3 is 10.1 Å². The predicted molar refractivity (Wildman–Crippen MR) is 128 cm³/mol. The molecule has 3 amide bonds. The molecule has 1 aliphatic heterocycles. The van der Waals surface area contributed by atoms with Crippen LogP contribution in [0.5, 0.6) is 5.75 Å². The summed E-state index contributed by atoms with van der Waals surface area (Å²) in [6, 6.07) is 18.1. The van der Waals surface area contributed by atoms with Crippen LogP contribution < -0.4 is 10.1 Å². The van der Waals surface area contributed by atoms with Crippen LogP contribution in [0, 0.1) is 0 Å². The Morgan fingerprint density at radius 3 is 2.21 bits per heavy atom. The molecule has 0 bridgehead atoms. The first-order valence-electron chi connectivity index (χ1n) is 11.1. The van der Waals surface area contributed by atoms with Crippen molar-refractivity contribution in [2.24, 2.45) is 0 Å². The Balaban J connectivity index is 1.17. The Morgan fingerprint density at radius 1 is 0.879 bits per heavy atom. The molecule has 3 aromatic carbocycles. The Morgan fingerprint density at radius 2 is 1.55 bits per heavy atom. The van der Waals surface area contributed by atoms with Crippen LogP contribution in [0.3, 0.4) is 0 Å². The Labute approximate surface area is 197 Å². The number of ether oxygens (including phenoxy) is 1. The van der Waals surface area contributed by atoms with Gasteiger partial charge in [-0.05, 0) is 61.0 Å². The molecule has 0 atom stereocenters. The highest BCUT2D eigenvalue weighted by atomic mass is 35.5. The van der Waals surface area contributed by atoms with Crippen molar-refractivity contribution in [2.45, 2.75) is 25.7 Å². The highest BCUT2D eigenvalue weighted by molar-refractivity contribution is 6.30. The van der Waals surface area contributed by atoms with E-state index in [0.29, 0.717) is 41.1 Å². The van der Waals surface area contributed by atoms with Gasteiger partial charge >= 0.3 is 0 Å². The lowest BCUT2D eigenvalue weighted by Crippen LogP contribution is -2.41. The fraction of sp³-hybridized carbons (Fsp3) is 0.269. The molecule has 0 spiro atoms. The third kappa shape index (κ3) is 5.34. The molecule has 0 aromatic heterocycles. The number of unbranched alkanes of at least 4 members (excludes halogenated alkanes) is 1. The summed E-state index contributed by atoms with van der Waals surface area (Å²) in [5.74, 6) is 0.0768. The average molecular weight is 465 g/mol. The second-order valence-corrected chi connectivity index (χ2v) is 8.37. The standard InChI is InChI=1S/C26H25ClN2O4/c27-19-11-13-20(14-12-19)33-17-2-1-15-28-23(30)10-5-16-29-25(31)21-8-3-6-18-7-4-9-22(24(18)21)26(29)32/h3-4,6-9,11-14H,1-2,5,10,15-17H2,(H,28,30). The number of nitrogens with one attached hydrogen (secondary N) is 1. The van der Waals surface area contributed by atoms with Crippen molar-refractivity contribution < 1.29 is 19.1 Å². The zero-order valence-corrected chi connectivity index (χ0v) is 18.9. The van der Waals surface area contributed by atoms with E-state index in [0.717, 1.165) is 24.0 Å². The first-order valence-corrected chi connectivity index (χ1v) is 11.5. The molecule has 4 rings (SSSR count). The zero-order chi connectivity index (χ0) is 23.2. The van der Waals surface area contributed by atoms with E-state index in [1.54, 1.807) is 24.3 Å². The molecular weight excluding hydrogens is 440 g/mol. The summed E-state index contributed by atoms with van der Waals surface area (Å²) in [5, 5.41) is 5.14. The van der Waals surface area contributed by atoms with E-state index < -0.39 is 0 Å². The lowest BCUT2D eigenvalue weighted by Gasteiger charge is -2.27. The minimum absolute atomic E-state index is 0.0898. The van der Waals surface area contributed by atoms with Crippen LogP contribution in [0.4, 0.5) is 0 Å². The Hall–Kier alpha value is -3.38. The number of imide groups is 1. The van der Waals surface area contributed by atoms with Crippen LogP contribution in [-0.4, -0.2) is 42.3 Å². The van der Waals surface area contributed by atoms with Crippen LogP contribution >= 0.6 is 11.6 Å². The summed E-state index contributed by atoms with van der Waals surface area (Å²) in [7, 11) is 0. The molecule has 1 aliphatic rings. The van der Waals surface area contributed by atoms with Gasteiger partial charge in [0.2, 0.25) is 5.91 Å². The quantitative estimate of drug-likeness (QED) is 0.344. The maximum Gasteiger partial charge on any atom is 0.261 e. The van der Waals surface area contributed by atoms with Crippen molar-refractivity contribution in [1.29, 1.82) is 0 Å². The van der Waals surface area contributed by atoms with Gasteiger partial charge in [0.1, 0.15) is 5.75 Å². The van der Waals surface area contributed by atoms with Crippen LogP contribution in [0.1, 0.15) is 46.4 Å². The van der Waals surface area contributed by atoms with E-state index in [-0.39, 0.29) is 30.7 Å². The van der Waals surface area contributed by atoms with Crippen molar-refractivity contribution in [3.05, 3.63) is 76.8 Å². The third-order valence-electron chi connectivity index (χ3n) is 5.62. The van der Waals surface area contributed by atoms with E-state index in [1.807, 2.05) is 36.4 Å². The Bertz CT molecular complexity index is 1130. The van der Waals surface area contributed by atoms with Gasteiger partial charge in [-0.3, -0.25) is 19.3 Å². The van der Waals surface area contributed by atoms with E-state index in [2.05, 4.69) is 5.32 Å². The van der Waals surface area contributed by atoms with Gasteiger partial charge in [0.25, 0.3) is 11.8 Å². The molecule has 7 heteroatoms. The summed E-state index contributed by atoms with van der Waals surface area (Å²) in [5.41, 5.74) is 1.07. The number of rotatable bonds is 10. The molecule has 1 heterocycles. The van der Waals surface area contributed by atoms with Crippen LogP contribution in [-0.2, 0) is 4.79 Å². The molecule has 170 valence electrons. The summed E-state index contributed by atoms with van der Waals surface area (Å²) in [6.45, 7) is 1.33. The molecular formula is C26H25ClN2O4. The maximum absolute atomic E-state index is 12.9. The number of benzene rings is 3. The number of hydrogen-bond acceptors (Lipinski definition) is 4. The minimum atomic E-state index is -0.301. The van der Waals surface area contributed by atoms with Crippen molar-refractivity contribution >= 4 is 40.1 Å². The molecule has 0 radical (unpaired) electrons. The minimum Gasteiger partial charge on any atom is -0.494 e. The van der Waals surface area contributed by atoms with Crippen molar-refractivity contribution in [3.8, 4) is 5.75 Å². The molecule has 1 N–H and O–H groups in total. The monoisotopic (exact) mass is 464 g/mol. The van der Waals surface area contributed by atoms with Crippen molar-refractivity contribution in [1.82, 2.24) is 10.2 Å². The summed E-state index contributed by atoms with van der Waals surface area (Å²) < 4.78 is 5.63. The largest absolute Gasteiger partial charge is 0.494 e. The fourth-order valence-corrected chi connectivity index (χ4v) is 4.07. The second kappa shape index (κ2) is 10.5. The van der Waals surface area contributed by atoms with Gasteiger partial charge in [-0.2, -0.15) is 0 Å². The van der Waals surface area contributed by atoms with Gasteiger partial charge in [0.05, 0.1) is 6.61 Å². The molecule has 0 saturated carbocycles. The molecule has 33 heavy (non-hydrogen) atoms. The number of nitrogens with zero attached hydrogens (tertiary/aromatic N) is 1. The van der Waals surface area contributed by atoms with Crippen LogP contribution in [0.15, 0.2) is 60.7 Å². The fourth-order valence-electron chi connectivity index (χ4n) is 3.95. The molecule has 0 unspecified atom stereocenters.